The second kappa shape index (κ2) is 6.51. The molecule has 0 bridgehead atoms. The lowest BCUT2D eigenvalue weighted by Crippen LogP contribution is -2.29. The van der Waals surface area contributed by atoms with Crippen LogP contribution >= 0.6 is 0 Å². The molecule has 0 atom stereocenters. The number of carbonyl (C=O) groups is 1. The van der Waals surface area contributed by atoms with Crippen LogP contribution in [-0.2, 0) is 27.6 Å². The van der Waals surface area contributed by atoms with Crippen LogP contribution in [0, 0.1) is 0 Å². The van der Waals surface area contributed by atoms with Gasteiger partial charge in [0.15, 0.2) is 9.84 Å². The number of hydrogen-bond acceptors (Lipinski definition) is 4. The minimum absolute atomic E-state index is 0.331. The summed E-state index contributed by atoms with van der Waals surface area (Å²) in [4.78, 5) is 11.3. The summed E-state index contributed by atoms with van der Waals surface area (Å²) in [5.74, 6) is -0.957. The Kier molecular flexibility index (Phi) is 5.30. The van der Waals surface area contributed by atoms with E-state index in [-0.39, 0.29) is 0 Å². The van der Waals surface area contributed by atoms with Gasteiger partial charge in [0.05, 0.1) is 0 Å². The van der Waals surface area contributed by atoms with Gasteiger partial charge < -0.3 is 11.1 Å². The molecule has 1 rings (SSSR count). The third-order valence-corrected chi connectivity index (χ3v) is 3.13. The second-order valence-electron chi connectivity index (χ2n) is 4.20. The molecule has 1 amide bonds. The summed E-state index contributed by atoms with van der Waals surface area (Å²) in [6.07, 6.45) is 1.86. The minimum Gasteiger partial charge on any atom is -0.351 e. The van der Waals surface area contributed by atoms with Crippen LogP contribution in [0.5, 0.6) is 0 Å². The van der Waals surface area contributed by atoms with Crippen molar-refractivity contribution in [2.24, 2.45) is 5.73 Å². The van der Waals surface area contributed by atoms with Crippen molar-refractivity contribution in [2.75, 3.05) is 18.6 Å². The van der Waals surface area contributed by atoms with Crippen LogP contribution in [0.3, 0.4) is 0 Å². The Morgan fingerprint density at radius 2 is 1.78 bits per heavy atom. The predicted molar refractivity (Wildman–Crippen MR) is 70.8 cm³/mol. The predicted octanol–water partition coefficient (Wildman–Crippen LogP) is -0.151. The molecule has 3 N–H and O–H groups in total. The molecule has 0 saturated carbocycles. The van der Waals surface area contributed by atoms with Crippen molar-refractivity contribution in [3.8, 4) is 0 Å². The molecular weight excluding hydrogens is 252 g/mol. The normalized spacial score (nSPS) is 11.2. The van der Waals surface area contributed by atoms with Crippen molar-refractivity contribution in [3.05, 3.63) is 35.4 Å². The van der Waals surface area contributed by atoms with Gasteiger partial charge in [-0.15, -0.1) is 0 Å². The van der Waals surface area contributed by atoms with Gasteiger partial charge >= 0.3 is 0 Å². The van der Waals surface area contributed by atoms with Crippen LogP contribution in [0.2, 0.25) is 0 Å². The molecule has 1 aromatic rings. The van der Waals surface area contributed by atoms with E-state index < -0.39 is 21.5 Å². The quantitative estimate of drug-likeness (QED) is 0.752. The Morgan fingerprint density at radius 1 is 1.22 bits per heavy atom. The first-order chi connectivity index (χ1) is 8.40. The SMILES string of the molecule is CS(=O)(=O)CC(=O)NCc1ccc(CCN)cc1. The summed E-state index contributed by atoms with van der Waals surface area (Å²) >= 11 is 0. The van der Waals surface area contributed by atoms with Crippen LogP contribution < -0.4 is 11.1 Å². The highest BCUT2D eigenvalue weighted by molar-refractivity contribution is 7.91. The maximum absolute atomic E-state index is 11.3. The van der Waals surface area contributed by atoms with Gasteiger partial charge in [-0.3, -0.25) is 4.79 Å². The van der Waals surface area contributed by atoms with Gasteiger partial charge in [-0.1, -0.05) is 24.3 Å². The Labute approximate surface area is 107 Å². The second-order valence-corrected chi connectivity index (χ2v) is 6.34. The Hall–Kier alpha value is -1.40. The van der Waals surface area contributed by atoms with Crippen LogP contribution in [0.25, 0.3) is 0 Å². The van der Waals surface area contributed by atoms with Gasteiger partial charge in [0, 0.05) is 12.8 Å². The lowest BCUT2D eigenvalue weighted by Gasteiger charge is -2.05. The smallest absolute Gasteiger partial charge is 0.235 e. The fourth-order valence-corrected chi connectivity index (χ4v) is 2.06. The van der Waals surface area contributed by atoms with Crippen molar-refractivity contribution in [3.63, 3.8) is 0 Å². The molecule has 0 aromatic heterocycles. The van der Waals surface area contributed by atoms with Crippen molar-refractivity contribution in [1.29, 1.82) is 0 Å². The first kappa shape index (κ1) is 14.7. The molecule has 0 aliphatic rings. The molecule has 100 valence electrons. The Balaban J connectivity index is 2.46. The van der Waals surface area contributed by atoms with E-state index in [1.54, 1.807) is 0 Å². The zero-order chi connectivity index (χ0) is 13.6. The van der Waals surface area contributed by atoms with E-state index in [4.69, 9.17) is 5.73 Å². The van der Waals surface area contributed by atoms with E-state index in [1.807, 2.05) is 24.3 Å². The van der Waals surface area contributed by atoms with E-state index in [0.29, 0.717) is 13.1 Å². The van der Waals surface area contributed by atoms with E-state index in [2.05, 4.69) is 5.32 Å². The van der Waals surface area contributed by atoms with E-state index in [1.165, 1.54) is 0 Å². The Morgan fingerprint density at radius 3 is 2.28 bits per heavy atom. The van der Waals surface area contributed by atoms with Crippen LogP contribution in [0.1, 0.15) is 11.1 Å². The lowest BCUT2D eigenvalue weighted by atomic mass is 10.1. The molecule has 6 heteroatoms. The fourth-order valence-electron chi connectivity index (χ4n) is 1.48. The van der Waals surface area contributed by atoms with Crippen molar-refractivity contribution < 1.29 is 13.2 Å². The zero-order valence-electron chi connectivity index (χ0n) is 10.3. The average Bonchev–Trinajstić information content (AvgIpc) is 2.26. The highest BCUT2D eigenvalue weighted by atomic mass is 32.2. The zero-order valence-corrected chi connectivity index (χ0v) is 11.2. The first-order valence-electron chi connectivity index (χ1n) is 5.63. The minimum atomic E-state index is -3.27. The third kappa shape index (κ3) is 5.79. The number of nitrogens with one attached hydrogen (secondary N) is 1. The van der Waals surface area contributed by atoms with Crippen molar-refractivity contribution in [1.82, 2.24) is 5.32 Å². The van der Waals surface area contributed by atoms with Gasteiger partial charge in [0.1, 0.15) is 5.75 Å². The lowest BCUT2D eigenvalue weighted by molar-refractivity contribution is -0.118. The molecule has 0 spiro atoms. The van der Waals surface area contributed by atoms with E-state index in [0.717, 1.165) is 23.8 Å². The van der Waals surface area contributed by atoms with Crippen LogP contribution in [0.4, 0.5) is 0 Å². The molecule has 0 aliphatic carbocycles. The first-order valence-corrected chi connectivity index (χ1v) is 7.69. The summed E-state index contributed by atoms with van der Waals surface area (Å²) < 4.78 is 21.8. The summed E-state index contributed by atoms with van der Waals surface area (Å²) in [5.41, 5.74) is 7.51. The topological polar surface area (TPSA) is 89.3 Å². The number of amides is 1. The average molecular weight is 270 g/mol. The summed E-state index contributed by atoms with van der Waals surface area (Å²) in [6.45, 7) is 0.932. The number of nitrogens with two attached hydrogens (primary N) is 1. The molecular formula is C12H18N2O3S. The molecule has 5 nitrogen and oxygen atoms in total. The van der Waals surface area contributed by atoms with Gasteiger partial charge in [0.25, 0.3) is 0 Å². The van der Waals surface area contributed by atoms with E-state index >= 15 is 0 Å². The highest BCUT2D eigenvalue weighted by Gasteiger charge is 2.09. The Bertz CT molecular complexity index is 495. The number of rotatable bonds is 6. The summed E-state index contributed by atoms with van der Waals surface area (Å²) in [6, 6.07) is 7.69. The number of hydrogen-bond donors (Lipinski definition) is 2. The largest absolute Gasteiger partial charge is 0.351 e. The molecule has 0 saturated heterocycles. The molecule has 0 aliphatic heterocycles. The molecule has 0 heterocycles. The van der Waals surface area contributed by atoms with Gasteiger partial charge in [0.2, 0.25) is 5.91 Å². The highest BCUT2D eigenvalue weighted by Crippen LogP contribution is 2.04. The van der Waals surface area contributed by atoms with E-state index in [9.17, 15) is 13.2 Å². The molecule has 0 unspecified atom stereocenters. The third-order valence-electron chi connectivity index (χ3n) is 2.34. The summed E-state index contributed by atoms with van der Waals surface area (Å²) in [7, 11) is -3.27. The number of carbonyl (C=O) groups excluding carboxylic acids is 1. The molecule has 1 aromatic carbocycles. The van der Waals surface area contributed by atoms with Crippen molar-refractivity contribution >= 4 is 15.7 Å². The number of benzene rings is 1. The maximum atomic E-state index is 11.3. The van der Waals surface area contributed by atoms with Gasteiger partial charge in [-0.2, -0.15) is 0 Å². The monoisotopic (exact) mass is 270 g/mol. The number of sulfone groups is 1. The molecule has 0 fully saturated rings. The molecule has 0 radical (unpaired) electrons. The maximum Gasteiger partial charge on any atom is 0.235 e. The van der Waals surface area contributed by atoms with Crippen molar-refractivity contribution in [2.45, 2.75) is 13.0 Å². The van der Waals surface area contributed by atoms with Gasteiger partial charge in [-0.25, -0.2) is 8.42 Å². The standard InChI is InChI=1S/C12H18N2O3S/c1-18(16,17)9-12(15)14-8-11-4-2-10(3-5-11)6-7-13/h2-5H,6-9,13H2,1H3,(H,14,15). The van der Waals surface area contributed by atoms with Crippen LogP contribution in [-0.4, -0.2) is 32.9 Å². The molecule has 18 heavy (non-hydrogen) atoms. The van der Waals surface area contributed by atoms with Gasteiger partial charge in [-0.05, 0) is 24.1 Å². The summed E-state index contributed by atoms with van der Waals surface area (Å²) in [5, 5.41) is 2.56. The van der Waals surface area contributed by atoms with Crippen LogP contribution in [0.15, 0.2) is 24.3 Å². The fraction of sp³-hybridized carbons (Fsp3) is 0.417.